The highest BCUT2D eigenvalue weighted by molar-refractivity contribution is 6.26. The van der Waals surface area contributed by atoms with Gasteiger partial charge in [-0.25, -0.2) is 4.39 Å². The highest BCUT2D eigenvalue weighted by atomic mass is 19.1. The lowest BCUT2D eigenvalue weighted by atomic mass is 9.97. The van der Waals surface area contributed by atoms with E-state index in [0.29, 0.717) is 24.8 Å². The zero-order chi connectivity index (χ0) is 17.6. The van der Waals surface area contributed by atoms with Gasteiger partial charge < -0.3 is 14.5 Å². The summed E-state index contributed by atoms with van der Waals surface area (Å²) in [6, 6.07) is 6.77. The molecule has 0 saturated carbocycles. The van der Waals surface area contributed by atoms with Crippen LogP contribution in [0, 0.1) is 11.7 Å². The molecule has 1 saturated heterocycles. The van der Waals surface area contributed by atoms with E-state index >= 15 is 0 Å². The number of hydrogen-bond donors (Lipinski definition) is 0. The predicted molar refractivity (Wildman–Crippen MR) is 95.6 cm³/mol. The number of likely N-dealkylation sites (N-methyl/N-ethyl adjacent to an activating group) is 1. The van der Waals surface area contributed by atoms with E-state index in [2.05, 4.69) is 9.89 Å². The number of benzene rings is 1. The smallest absolute Gasteiger partial charge is 0.264 e. The van der Waals surface area contributed by atoms with Crippen LogP contribution in [-0.4, -0.2) is 67.8 Å². The Balaban J connectivity index is 1.37. The molecule has 1 aromatic rings. The minimum atomic E-state index is -0.297. The van der Waals surface area contributed by atoms with Gasteiger partial charge >= 0.3 is 0 Å². The molecule has 1 unspecified atom stereocenters. The van der Waals surface area contributed by atoms with Gasteiger partial charge in [0.15, 0.2) is 11.6 Å². The fourth-order valence-corrected chi connectivity index (χ4v) is 3.41. The quantitative estimate of drug-likeness (QED) is 0.793. The number of amides is 1. The largest absolute Gasteiger partial charge is 0.490 e. The maximum atomic E-state index is 13.6. The molecule has 3 rings (SSSR count). The number of piperidine rings is 1. The molecule has 0 bridgehead atoms. The molecule has 0 radical (unpaired) electrons. The summed E-state index contributed by atoms with van der Waals surface area (Å²) in [7, 11) is 1.85. The van der Waals surface area contributed by atoms with Crippen LogP contribution in [0.3, 0.4) is 0 Å². The van der Waals surface area contributed by atoms with Crippen molar-refractivity contribution >= 4 is 12.1 Å². The summed E-state index contributed by atoms with van der Waals surface area (Å²) in [6.45, 7) is 4.31. The third kappa shape index (κ3) is 4.78. The maximum Gasteiger partial charge on any atom is 0.264 e. The van der Waals surface area contributed by atoms with Crippen molar-refractivity contribution in [2.45, 2.75) is 25.3 Å². The van der Waals surface area contributed by atoms with Gasteiger partial charge in [-0.05, 0) is 50.4 Å². The number of aliphatic imine (C=N–C) groups is 1. The van der Waals surface area contributed by atoms with Gasteiger partial charge in [0.25, 0.3) is 5.91 Å². The van der Waals surface area contributed by atoms with Crippen molar-refractivity contribution in [3.8, 4) is 5.75 Å². The highest BCUT2D eigenvalue weighted by Crippen LogP contribution is 2.21. The Morgan fingerprint density at radius 2 is 2.04 bits per heavy atom. The number of ether oxygens (including phenoxy) is 1. The van der Waals surface area contributed by atoms with Crippen LogP contribution in [-0.2, 0) is 4.79 Å². The highest BCUT2D eigenvalue weighted by Gasteiger charge is 2.24. The van der Waals surface area contributed by atoms with Crippen molar-refractivity contribution in [3.63, 3.8) is 0 Å². The molecule has 2 aliphatic heterocycles. The lowest BCUT2D eigenvalue weighted by Crippen LogP contribution is -2.45. The number of hydrogen-bond acceptors (Lipinski definition) is 4. The SMILES string of the molecule is CN1C(=O)C=NCC1CCN1CCC(COc2ccccc2F)CC1. The first-order valence-electron chi connectivity index (χ1n) is 9.00. The van der Waals surface area contributed by atoms with Crippen LogP contribution in [0.15, 0.2) is 29.3 Å². The number of para-hydroxylation sites is 1. The number of halogens is 1. The summed E-state index contributed by atoms with van der Waals surface area (Å²) < 4.78 is 19.2. The maximum absolute atomic E-state index is 13.6. The Bertz CT molecular complexity index is 614. The summed E-state index contributed by atoms with van der Waals surface area (Å²) in [5.74, 6) is 0.517. The number of carbonyl (C=O) groups is 1. The molecule has 0 N–H and O–H groups in total. The lowest BCUT2D eigenvalue weighted by Gasteiger charge is -2.34. The standard InChI is InChI=1S/C19H26FN3O2/c1-22-16(12-21-13-19(22)24)8-11-23-9-6-15(7-10-23)14-25-18-5-3-2-4-17(18)20/h2-5,13,15-16H,6-12,14H2,1H3. The molecule has 1 fully saturated rings. The molecule has 0 spiro atoms. The average Bonchev–Trinajstić information content (AvgIpc) is 2.63. The normalized spacial score (nSPS) is 22.4. The Labute approximate surface area is 148 Å². The van der Waals surface area contributed by atoms with Crippen molar-refractivity contribution in [3.05, 3.63) is 30.1 Å². The van der Waals surface area contributed by atoms with Gasteiger partial charge in [0, 0.05) is 13.6 Å². The summed E-state index contributed by atoms with van der Waals surface area (Å²) >= 11 is 0. The molecule has 25 heavy (non-hydrogen) atoms. The van der Waals surface area contributed by atoms with Crippen LogP contribution in [0.4, 0.5) is 4.39 Å². The van der Waals surface area contributed by atoms with Crippen LogP contribution >= 0.6 is 0 Å². The molecular formula is C19H26FN3O2. The van der Waals surface area contributed by atoms with Crippen LogP contribution in [0.5, 0.6) is 5.75 Å². The first kappa shape index (κ1) is 17.9. The second-order valence-corrected chi connectivity index (χ2v) is 6.91. The zero-order valence-electron chi connectivity index (χ0n) is 14.7. The number of likely N-dealkylation sites (tertiary alicyclic amines) is 1. The van der Waals surface area contributed by atoms with E-state index in [4.69, 9.17) is 4.74 Å². The van der Waals surface area contributed by atoms with Gasteiger partial charge in [-0.2, -0.15) is 0 Å². The fraction of sp³-hybridized carbons (Fsp3) is 0.579. The summed E-state index contributed by atoms with van der Waals surface area (Å²) in [6.07, 6.45) is 4.49. The first-order chi connectivity index (χ1) is 12.1. The number of carbonyl (C=O) groups excluding carboxylic acids is 1. The number of nitrogens with zero attached hydrogens (tertiary/aromatic N) is 3. The van der Waals surface area contributed by atoms with Gasteiger partial charge in [0.2, 0.25) is 0 Å². The van der Waals surface area contributed by atoms with Crippen molar-refractivity contribution in [1.82, 2.24) is 9.80 Å². The average molecular weight is 347 g/mol. The van der Waals surface area contributed by atoms with E-state index in [-0.39, 0.29) is 17.8 Å². The van der Waals surface area contributed by atoms with Crippen LogP contribution in [0.25, 0.3) is 0 Å². The second kappa shape index (κ2) is 8.43. The van der Waals surface area contributed by atoms with E-state index in [1.807, 2.05) is 7.05 Å². The Kier molecular flexibility index (Phi) is 6.02. The van der Waals surface area contributed by atoms with Crippen LogP contribution in [0.1, 0.15) is 19.3 Å². The van der Waals surface area contributed by atoms with Crippen LogP contribution < -0.4 is 4.74 Å². The minimum Gasteiger partial charge on any atom is -0.490 e. The van der Waals surface area contributed by atoms with Crippen molar-refractivity contribution < 1.29 is 13.9 Å². The zero-order valence-corrected chi connectivity index (χ0v) is 14.7. The van der Waals surface area contributed by atoms with Crippen molar-refractivity contribution in [1.29, 1.82) is 0 Å². The Morgan fingerprint density at radius 3 is 2.80 bits per heavy atom. The van der Waals surface area contributed by atoms with E-state index in [1.54, 1.807) is 23.1 Å². The van der Waals surface area contributed by atoms with Crippen molar-refractivity contribution in [2.75, 3.05) is 39.8 Å². The topological polar surface area (TPSA) is 45.1 Å². The minimum absolute atomic E-state index is 0.000233. The van der Waals surface area contributed by atoms with E-state index in [0.717, 1.165) is 38.9 Å². The van der Waals surface area contributed by atoms with Gasteiger partial charge in [0.05, 0.1) is 25.4 Å². The van der Waals surface area contributed by atoms with Crippen molar-refractivity contribution in [2.24, 2.45) is 10.9 Å². The molecular weight excluding hydrogens is 321 g/mol. The lowest BCUT2D eigenvalue weighted by molar-refractivity contribution is -0.125. The first-order valence-corrected chi connectivity index (χ1v) is 9.00. The van der Waals surface area contributed by atoms with E-state index in [9.17, 15) is 9.18 Å². The monoisotopic (exact) mass is 347 g/mol. The second-order valence-electron chi connectivity index (χ2n) is 6.91. The summed E-state index contributed by atoms with van der Waals surface area (Å²) in [5.41, 5.74) is 0. The molecule has 1 aromatic carbocycles. The third-order valence-electron chi connectivity index (χ3n) is 5.21. The molecule has 0 aromatic heterocycles. The van der Waals surface area contributed by atoms with Crippen LogP contribution in [0.2, 0.25) is 0 Å². The van der Waals surface area contributed by atoms with Gasteiger partial charge in [0.1, 0.15) is 0 Å². The molecule has 6 heteroatoms. The van der Waals surface area contributed by atoms with E-state index in [1.165, 1.54) is 12.3 Å². The summed E-state index contributed by atoms with van der Waals surface area (Å²) in [4.78, 5) is 20.0. The fourth-order valence-electron chi connectivity index (χ4n) is 3.41. The molecule has 1 amide bonds. The Hall–Kier alpha value is -1.95. The molecule has 1 atom stereocenters. The molecule has 0 aliphatic carbocycles. The number of rotatable bonds is 6. The molecule has 136 valence electrons. The Morgan fingerprint density at radius 1 is 1.28 bits per heavy atom. The molecule has 2 heterocycles. The summed E-state index contributed by atoms with van der Waals surface area (Å²) in [5, 5.41) is 0. The van der Waals surface area contributed by atoms with E-state index < -0.39 is 0 Å². The van der Waals surface area contributed by atoms with Gasteiger partial charge in [-0.1, -0.05) is 12.1 Å². The third-order valence-corrected chi connectivity index (χ3v) is 5.21. The molecule has 2 aliphatic rings. The van der Waals surface area contributed by atoms with Gasteiger partial charge in [-0.3, -0.25) is 9.79 Å². The molecule has 5 nitrogen and oxygen atoms in total. The predicted octanol–water partition coefficient (Wildman–Crippen LogP) is 2.22. The van der Waals surface area contributed by atoms with Gasteiger partial charge in [-0.15, -0.1) is 0 Å².